The molecule has 0 aromatic carbocycles. The first kappa shape index (κ1) is 13.9. The Hall–Kier alpha value is -0.120. The molecule has 0 heterocycles. The van der Waals surface area contributed by atoms with Gasteiger partial charge in [0.05, 0.1) is 6.61 Å². The molecule has 3 heteroatoms. The smallest absolute Gasteiger partial charge is 0.0585 e. The van der Waals surface area contributed by atoms with Gasteiger partial charge in [0.25, 0.3) is 0 Å². The van der Waals surface area contributed by atoms with E-state index in [0.29, 0.717) is 6.04 Å². The molecule has 0 bridgehead atoms. The van der Waals surface area contributed by atoms with Crippen molar-refractivity contribution < 1.29 is 5.11 Å². The first-order valence-corrected chi connectivity index (χ1v) is 6.75. The molecule has 1 aliphatic rings. The summed E-state index contributed by atoms with van der Waals surface area (Å²) in [6, 6.07) is 0.895. The molecule has 0 radical (unpaired) electrons. The minimum Gasteiger partial charge on any atom is -0.395 e. The van der Waals surface area contributed by atoms with E-state index in [4.69, 9.17) is 0 Å². The minimum atomic E-state index is 0.253. The maximum Gasteiger partial charge on any atom is 0.0585 e. The summed E-state index contributed by atoms with van der Waals surface area (Å²) < 4.78 is 0. The predicted octanol–water partition coefficient (Wildman–Crippen LogP) is 1.47. The maximum absolute atomic E-state index is 9.22. The highest BCUT2D eigenvalue weighted by Gasteiger charge is 2.25. The molecule has 2 N–H and O–H groups in total. The van der Waals surface area contributed by atoms with Crippen LogP contribution in [-0.4, -0.2) is 48.3 Å². The Balaban J connectivity index is 2.23. The summed E-state index contributed by atoms with van der Waals surface area (Å²) in [5, 5.41) is 12.5. The summed E-state index contributed by atoms with van der Waals surface area (Å²) in [7, 11) is 0. The Morgan fingerprint density at radius 1 is 1.38 bits per heavy atom. The van der Waals surface area contributed by atoms with Crippen molar-refractivity contribution in [1.82, 2.24) is 10.2 Å². The number of aliphatic hydroxyl groups excluding tert-OH is 1. The lowest BCUT2D eigenvalue weighted by Gasteiger charge is -2.28. The van der Waals surface area contributed by atoms with E-state index in [1.165, 1.54) is 19.4 Å². The zero-order valence-electron chi connectivity index (χ0n) is 11.1. The molecule has 16 heavy (non-hydrogen) atoms. The second-order valence-electron chi connectivity index (χ2n) is 5.26. The predicted molar refractivity (Wildman–Crippen MR) is 68.6 cm³/mol. The van der Waals surface area contributed by atoms with Gasteiger partial charge in [0.2, 0.25) is 0 Å². The molecule has 0 amide bonds. The first-order chi connectivity index (χ1) is 7.67. The minimum absolute atomic E-state index is 0.253. The zero-order valence-corrected chi connectivity index (χ0v) is 11.1. The number of nitrogens with one attached hydrogen (secondary N) is 1. The quantitative estimate of drug-likeness (QED) is 0.627. The van der Waals surface area contributed by atoms with Gasteiger partial charge in [-0.3, -0.25) is 0 Å². The normalized spacial score (nSPS) is 18.4. The number of rotatable bonds is 9. The number of hydrogen-bond donors (Lipinski definition) is 2. The van der Waals surface area contributed by atoms with Gasteiger partial charge >= 0.3 is 0 Å². The van der Waals surface area contributed by atoms with E-state index < -0.39 is 0 Å². The highest BCUT2D eigenvalue weighted by atomic mass is 16.3. The van der Waals surface area contributed by atoms with Crippen LogP contribution in [-0.2, 0) is 0 Å². The molecule has 0 aromatic heterocycles. The topological polar surface area (TPSA) is 35.5 Å². The summed E-state index contributed by atoms with van der Waals surface area (Å²) in [5.74, 6) is 0.953. The number of nitrogens with zero attached hydrogens (tertiary/aromatic N) is 1. The van der Waals surface area contributed by atoms with Crippen LogP contribution in [0.3, 0.4) is 0 Å². The number of aliphatic hydroxyl groups is 1. The van der Waals surface area contributed by atoms with Crippen LogP contribution in [0.4, 0.5) is 0 Å². The third kappa shape index (κ3) is 5.28. The van der Waals surface area contributed by atoms with Crippen molar-refractivity contribution in [2.45, 2.75) is 52.1 Å². The number of likely N-dealkylation sites (N-methyl/N-ethyl adjacent to an activating group) is 1. The van der Waals surface area contributed by atoms with Gasteiger partial charge in [-0.05, 0) is 52.1 Å². The third-order valence-electron chi connectivity index (χ3n) is 3.40. The Morgan fingerprint density at radius 3 is 2.50 bits per heavy atom. The van der Waals surface area contributed by atoms with Crippen molar-refractivity contribution in [2.24, 2.45) is 5.92 Å². The molecule has 1 rings (SSSR count). The van der Waals surface area contributed by atoms with Crippen LogP contribution in [0.15, 0.2) is 0 Å². The third-order valence-corrected chi connectivity index (χ3v) is 3.40. The van der Waals surface area contributed by atoms with Crippen LogP contribution < -0.4 is 5.32 Å². The monoisotopic (exact) mass is 228 g/mol. The summed E-state index contributed by atoms with van der Waals surface area (Å²) in [5.41, 5.74) is 0. The molecule has 1 fully saturated rings. The van der Waals surface area contributed by atoms with E-state index in [0.717, 1.165) is 25.4 Å². The van der Waals surface area contributed by atoms with Gasteiger partial charge in [-0.1, -0.05) is 6.92 Å². The van der Waals surface area contributed by atoms with E-state index in [1.54, 1.807) is 0 Å². The van der Waals surface area contributed by atoms with Crippen LogP contribution in [0.25, 0.3) is 0 Å². The molecule has 0 aliphatic heterocycles. The average molecular weight is 228 g/mol. The fraction of sp³-hybridized carbons (Fsp3) is 1.00. The van der Waals surface area contributed by atoms with Gasteiger partial charge in [0.1, 0.15) is 0 Å². The Morgan fingerprint density at radius 2 is 2.06 bits per heavy atom. The Labute approximate surface area is 100 Å². The molecule has 0 aromatic rings. The van der Waals surface area contributed by atoms with Crippen LogP contribution in [0.5, 0.6) is 0 Å². The van der Waals surface area contributed by atoms with Crippen molar-refractivity contribution in [2.75, 3.05) is 26.2 Å². The maximum atomic E-state index is 9.22. The average Bonchev–Trinajstić information content (AvgIpc) is 3.05. The van der Waals surface area contributed by atoms with Crippen molar-refractivity contribution in [3.8, 4) is 0 Å². The summed E-state index contributed by atoms with van der Waals surface area (Å²) in [4.78, 5) is 2.55. The fourth-order valence-electron chi connectivity index (χ4n) is 2.06. The second kappa shape index (κ2) is 7.25. The van der Waals surface area contributed by atoms with E-state index in [9.17, 15) is 5.11 Å². The molecular weight excluding hydrogens is 200 g/mol. The van der Waals surface area contributed by atoms with Gasteiger partial charge in [0.15, 0.2) is 0 Å². The fourth-order valence-corrected chi connectivity index (χ4v) is 2.06. The largest absolute Gasteiger partial charge is 0.395 e. The molecule has 0 spiro atoms. The molecule has 96 valence electrons. The zero-order chi connectivity index (χ0) is 12.0. The molecule has 0 saturated heterocycles. The Kier molecular flexibility index (Phi) is 6.32. The summed E-state index contributed by atoms with van der Waals surface area (Å²) >= 11 is 0. The highest BCUT2D eigenvalue weighted by Crippen LogP contribution is 2.30. The van der Waals surface area contributed by atoms with Crippen LogP contribution >= 0.6 is 0 Å². The summed E-state index contributed by atoms with van der Waals surface area (Å²) in [6.07, 6.45) is 3.88. The van der Waals surface area contributed by atoms with Crippen LogP contribution in [0, 0.1) is 5.92 Å². The molecular formula is C13H28N2O. The first-order valence-electron chi connectivity index (χ1n) is 6.75. The van der Waals surface area contributed by atoms with E-state index in [-0.39, 0.29) is 12.6 Å². The van der Waals surface area contributed by atoms with Crippen molar-refractivity contribution >= 4 is 0 Å². The van der Waals surface area contributed by atoms with Gasteiger partial charge in [-0.25, -0.2) is 0 Å². The lowest BCUT2D eigenvalue weighted by atomic mass is 10.1. The van der Waals surface area contributed by atoms with Crippen molar-refractivity contribution in [1.29, 1.82) is 0 Å². The molecule has 1 unspecified atom stereocenters. The summed E-state index contributed by atoms with van der Waals surface area (Å²) in [6.45, 7) is 10.2. The standard InChI is InChI=1S/C13H28N2O/c1-4-14-13(10-16)7-8-15(11(2)3)9-12-5-6-12/h11-14,16H,4-10H2,1-3H3. The van der Waals surface area contributed by atoms with E-state index in [2.05, 4.69) is 31.0 Å². The molecule has 1 aliphatic carbocycles. The van der Waals surface area contributed by atoms with Gasteiger partial charge in [-0.2, -0.15) is 0 Å². The van der Waals surface area contributed by atoms with E-state index in [1.807, 2.05) is 0 Å². The molecule has 1 atom stereocenters. The Bertz CT molecular complexity index is 181. The lowest BCUT2D eigenvalue weighted by molar-refractivity contribution is 0.178. The lowest BCUT2D eigenvalue weighted by Crippen LogP contribution is -2.39. The van der Waals surface area contributed by atoms with Gasteiger partial charge in [0, 0.05) is 18.6 Å². The number of hydrogen-bond acceptors (Lipinski definition) is 3. The van der Waals surface area contributed by atoms with Crippen molar-refractivity contribution in [3.05, 3.63) is 0 Å². The van der Waals surface area contributed by atoms with Gasteiger partial charge in [-0.15, -0.1) is 0 Å². The molecule has 1 saturated carbocycles. The van der Waals surface area contributed by atoms with Crippen molar-refractivity contribution in [3.63, 3.8) is 0 Å². The highest BCUT2D eigenvalue weighted by molar-refractivity contribution is 4.79. The van der Waals surface area contributed by atoms with Gasteiger partial charge < -0.3 is 15.3 Å². The van der Waals surface area contributed by atoms with E-state index >= 15 is 0 Å². The second-order valence-corrected chi connectivity index (χ2v) is 5.26. The SMILES string of the molecule is CCNC(CO)CCN(CC1CC1)C(C)C. The molecule has 3 nitrogen and oxygen atoms in total. The van der Waals surface area contributed by atoms with Crippen LogP contribution in [0.1, 0.15) is 40.0 Å². The van der Waals surface area contributed by atoms with Crippen LogP contribution in [0.2, 0.25) is 0 Å².